The van der Waals surface area contributed by atoms with Gasteiger partial charge < -0.3 is 19.7 Å². The van der Waals surface area contributed by atoms with Gasteiger partial charge in [0.25, 0.3) is 0 Å². The van der Waals surface area contributed by atoms with Gasteiger partial charge in [0, 0.05) is 24.4 Å². The summed E-state index contributed by atoms with van der Waals surface area (Å²) in [6.45, 7) is 3.62. The second kappa shape index (κ2) is 8.81. The maximum absolute atomic E-state index is 12.4. The van der Waals surface area contributed by atoms with E-state index in [1.807, 2.05) is 31.2 Å². The smallest absolute Gasteiger partial charge is 0.176 e. The molecule has 172 valence electrons. The third kappa shape index (κ3) is 3.57. The van der Waals surface area contributed by atoms with Crippen LogP contribution in [0.25, 0.3) is 22.2 Å². The van der Waals surface area contributed by atoms with Crippen molar-refractivity contribution >= 4 is 11.0 Å². The first kappa shape index (κ1) is 21.9. The Morgan fingerprint density at radius 3 is 2.32 bits per heavy atom. The summed E-state index contributed by atoms with van der Waals surface area (Å²) in [4.78, 5) is 17.2. The van der Waals surface area contributed by atoms with Crippen LogP contribution >= 0.6 is 0 Å². The van der Waals surface area contributed by atoms with Gasteiger partial charge in [0.05, 0.1) is 33.7 Å². The minimum atomic E-state index is -1.68. The Morgan fingerprint density at radius 1 is 1.03 bits per heavy atom. The number of imidazole rings is 1. The van der Waals surface area contributed by atoms with Crippen molar-refractivity contribution < 1.29 is 14.7 Å². The van der Waals surface area contributed by atoms with Gasteiger partial charge in [0.2, 0.25) is 0 Å². The number of H-pyrrole nitrogens is 1. The normalized spacial score (nSPS) is 11.9. The fourth-order valence-electron chi connectivity index (χ4n) is 4.40. The molecule has 4 aromatic heterocycles. The van der Waals surface area contributed by atoms with E-state index >= 15 is 0 Å². The second-order valence-corrected chi connectivity index (χ2v) is 8.22. The van der Waals surface area contributed by atoms with Crippen molar-refractivity contribution in [3.05, 3.63) is 95.2 Å². The fraction of sp³-hybridized carbons (Fsp3) is 0.231. The molecule has 0 amide bonds. The van der Waals surface area contributed by atoms with E-state index in [2.05, 4.69) is 27.0 Å². The average Bonchev–Trinajstić information content (AvgIpc) is 3.46. The highest BCUT2D eigenvalue weighted by molar-refractivity contribution is 5.88. The number of benzene rings is 1. The van der Waals surface area contributed by atoms with E-state index in [1.165, 1.54) is 0 Å². The Kier molecular flexibility index (Phi) is 5.69. The van der Waals surface area contributed by atoms with Crippen molar-refractivity contribution in [1.82, 2.24) is 25.1 Å². The lowest BCUT2D eigenvalue weighted by molar-refractivity contribution is 0.117. The van der Waals surface area contributed by atoms with Crippen LogP contribution in [0.1, 0.15) is 47.6 Å². The Labute approximate surface area is 196 Å². The third-order valence-corrected chi connectivity index (χ3v) is 5.95. The molecule has 3 N–H and O–H groups in total. The molecule has 0 aliphatic heterocycles. The number of aromatic nitrogens is 5. The van der Waals surface area contributed by atoms with Gasteiger partial charge in [0.1, 0.15) is 12.4 Å². The number of aryl methyl sites for hydroxylation is 2. The van der Waals surface area contributed by atoms with Crippen LogP contribution in [0.3, 0.4) is 0 Å². The van der Waals surface area contributed by atoms with Gasteiger partial charge in [-0.3, -0.25) is 9.97 Å². The summed E-state index contributed by atoms with van der Waals surface area (Å²) in [5, 5.41) is 26.3. The van der Waals surface area contributed by atoms with E-state index in [1.54, 1.807) is 36.7 Å². The first-order valence-electron chi connectivity index (χ1n) is 11.2. The molecule has 0 radical (unpaired) electrons. The Morgan fingerprint density at radius 2 is 1.74 bits per heavy atom. The number of nitrogens with zero attached hydrogens (tertiary/aromatic N) is 4. The molecule has 0 unspecified atom stereocenters. The molecular formula is C26H25N5O3. The molecule has 4 heterocycles. The minimum Gasteiger partial charge on any atom is -0.388 e. The highest BCUT2D eigenvalue weighted by Crippen LogP contribution is 2.41. The molecule has 0 saturated carbocycles. The zero-order valence-electron chi connectivity index (χ0n) is 19.0. The predicted molar refractivity (Wildman–Crippen MR) is 127 cm³/mol. The lowest BCUT2D eigenvalue weighted by Crippen LogP contribution is -2.31. The molecule has 0 atom stereocenters. The van der Waals surface area contributed by atoms with Crippen molar-refractivity contribution in [2.24, 2.45) is 0 Å². The molecular weight excluding hydrogens is 430 g/mol. The zero-order chi connectivity index (χ0) is 23.7. The quantitative estimate of drug-likeness (QED) is 0.339. The Hall–Kier alpha value is -3.88. The van der Waals surface area contributed by atoms with Crippen molar-refractivity contribution in [3.63, 3.8) is 0 Å². The van der Waals surface area contributed by atoms with Crippen LogP contribution in [0.15, 0.2) is 65.4 Å². The van der Waals surface area contributed by atoms with Crippen LogP contribution in [-0.4, -0.2) is 35.3 Å². The summed E-state index contributed by atoms with van der Waals surface area (Å²) in [5.74, 6) is 1.18. The molecule has 1 aromatic carbocycles. The SMILES string of the molecule is CCCc1nc2c(C(O)(c3ccccn3)c3ccccn3)cc(-c3c(C)noc3CO)cc2[nH]1. The number of fused-ring (bicyclic) bond motifs is 1. The molecule has 0 fully saturated rings. The van der Waals surface area contributed by atoms with Crippen molar-refractivity contribution in [2.45, 2.75) is 38.9 Å². The molecule has 8 nitrogen and oxygen atoms in total. The molecule has 0 aliphatic carbocycles. The average molecular weight is 456 g/mol. The summed E-state index contributed by atoms with van der Waals surface area (Å²) in [6.07, 6.45) is 4.98. The molecule has 0 aliphatic rings. The molecule has 0 saturated heterocycles. The maximum Gasteiger partial charge on any atom is 0.176 e. The number of aliphatic hydroxyl groups is 2. The van der Waals surface area contributed by atoms with Gasteiger partial charge in [-0.05, 0) is 55.3 Å². The van der Waals surface area contributed by atoms with Crippen molar-refractivity contribution in [1.29, 1.82) is 0 Å². The molecule has 34 heavy (non-hydrogen) atoms. The largest absolute Gasteiger partial charge is 0.388 e. The van der Waals surface area contributed by atoms with Gasteiger partial charge >= 0.3 is 0 Å². The number of hydrogen-bond acceptors (Lipinski definition) is 7. The van der Waals surface area contributed by atoms with Crippen LogP contribution in [0.5, 0.6) is 0 Å². The summed E-state index contributed by atoms with van der Waals surface area (Å²) in [5.41, 5.74) is 3.15. The number of aromatic amines is 1. The first-order chi connectivity index (χ1) is 16.6. The van der Waals surface area contributed by atoms with Crippen LogP contribution in [0.4, 0.5) is 0 Å². The topological polar surface area (TPSA) is 121 Å². The standard InChI is InChI=1S/C26H25N5O3/c1-3-8-23-29-19-14-17(24-16(2)31-34-20(24)15-32)13-18(25(19)30-23)26(33,21-9-4-6-11-27-21)22-10-5-7-12-28-22/h4-7,9-14,32-33H,3,8,15H2,1-2H3,(H,29,30). The zero-order valence-corrected chi connectivity index (χ0v) is 19.0. The summed E-state index contributed by atoms with van der Waals surface area (Å²) in [6, 6.07) is 14.6. The summed E-state index contributed by atoms with van der Waals surface area (Å²) >= 11 is 0. The molecule has 8 heteroatoms. The van der Waals surface area contributed by atoms with Crippen LogP contribution in [-0.2, 0) is 18.6 Å². The van der Waals surface area contributed by atoms with Crippen LogP contribution < -0.4 is 0 Å². The first-order valence-corrected chi connectivity index (χ1v) is 11.2. The lowest BCUT2D eigenvalue weighted by Gasteiger charge is -2.28. The number of rotatable bonds is 7. The van der Waals surface area contributed by atoms with Crippen molar-refractivity contribution in [3.8, 4) is 11.1 Å². The highest BCUT2D eigenvalue weighted by atomic mass is 16.5. The van der Waals surface area contributed by atoms with Crippen LogP contribution in [0.2, 0.25) is 0 Å². The summed E-state index contributed by atoms with van der Waals surface area (Å²) < 4.78 is 5.34. The maximum atomic E-state index is 12.4. The lowest BCUT2D eigenvalue weighted by atomic mass is 9.83. The van der Waals surface area contributed by atoms with E-state index in [0.717, 1.165) is 29.7 Å². The predicted octanol–water partition coefficient (Wildman–Crippen LogP) is 4.05. The number of pyridine rings is 2. The van der Waals surface area contributed by atoms with E-state index in [4.69, 9.17) is 9.51 Å². The molecule has 0 bridgehead atoms. The molecule has 0 spiro atoms. The fourth-order valence-corrected chi connectivity index (χ4v) is 4.40. The van der Waals surface area contributed by atoms with Crippen molar-refractivity contribution in [2.75, 3.05) is 0 Å². The third-order valence-electron chi connectivity index (χ3n) is 5.95. The van der Waals surface area contributed by atoms with Gasteiger partial charge in [-0.15, -0.1) is 0 Å². The Balaban J connectivity index is 1.87. The van der Waals surface area contributed by atoms with Gasteiger partial charge in [-0.2, -0.15) is 0 Å². The monoisotopic (exact) mass is 455 g/mol. The number of aliphatic hydroxyl groups excluding tert-OH is 1. The van der Waals surface area contributed by atoms with Gasteiger partial charge in [-0.25, -0.2) is 4.98 Å². The Bertz CT molecular complexity index is 1390. The van der Waals surface area contributed by atoms with Gasteiger partial charge in [0.15, 0.2) is 11.4 Å². The number of hydrogen-bond donors (Lipinski definition) is 3. The van der Waals surface area contributed by atoms with E-state index in [0.29, 0.717) is 39.5 Å². The molecule has 5 aromatic rings. The number of nitrogens with one attached hydrogen (secondary N) is 1. The minimum absolute atomic E-state index is 0.293. The van der Waals surface area contributed by atoms with E-state index in [-0.39, 0.29) is 6.61 Å². The highest BCUT2D eigenvalue weighted by Gasteiger charge is 2.39. The summed E-state index contributed by atoms with van der Waals surface area (Å²) in [7, 11) is 0. The second-order valence-electron chi connectivity index (χ2n) is 8.22. The van der Waals surface area contributed by atoms with Gasteiger partial charge in [-0.1, -0.05) is 24.2 Å². The molecule has 5 rings (SSSR count). The van der Waals surface area contributed by atoms with E-state index < -0.39 is 5.60 Å². The van der Waals surface area contributed by atoms with Crippen LogP contribution in [0, 0.1) is 6.92 Å². The van der Waals surface area contributed by atoms with E-state index in [9.17, 15) is 10.2 Å².